The predicted octanol–water partition coefficient (Wildman–Crippen LogP) is 0.881. The maximum atomic E-state index is 13.0. The number of nitrogens with two attached hydrogens (primary N) is 1. The SMILES string of the molecule is NS(=O)(=O)NCc1cc(Br)ccc1F. The summed E-state index contributed by atoms with van der Waals surface area (Å²) in [5.74, 6) is -0.482. The summed E-state index contributed by atoms with van der Waals surface area (Å²) in [6.45, 7) is -0.163. The molecule has 7 heteroatoms. The molecule has 0 aliphatic carbocycles. The molecule has 0 amide bonds. The van der Waals surface area contributed by atoms with E-state index in [1.807, 2.05) is 4.72 Å². The average Bonchev–Trinajstić information content (AvgIpc) is 2.05. The maximum absolute atomic E-state index is 13.0. The zero-order chi connectivity index (χ0) is 10.8. The van der Waals surface area contributed by atoms with Crippen LogP contribution >= 0.6 is 15.9 Å². The molecule has 4 nitrogen and oxygen atoms in total. The summed E-state index contributed by atoms with van der Waals surface area (Å²) >= 11 is 3.14. The molecule has 0 saturated carbocycles. The summed E-state index contributed by atoms with van der Waals surface area (Å²) < 4.78 is 36.8. The molecule has 0 radical (unpaired) electrons. The van der Waals surface area contributed by atoms with Gasteiger partial charge in [-0.15, -0.1) is 0 Å². The lowest BCUT2D eigenvalue weighted by atomic mass is 10.2. The molecule has 0 spiro atoms. The van der Waals surface area contributed by atoms with E-state index in [2.05, 4.69) is 15.9 Å². The Kier molecular flexibility index (Phi) is 3.59. The van der Waals surface area contributed by atoms with Crippen molar-refractivity contribution in [1.29, 1.82) is 0 Å². The topological polar surface area (TPSA) is 72.2 Å². The van der Waals surface area contributed by atoms with Gasteiger partial charge < -0.3 is 0 Å². The number of halogens is 2. The third-order valence-electron chi connectivity index (χ3n) is 1.47. The lowest BCUT2D eigenvalue weighted by molar-refractivity contribution is 0.575. The highest BCUT2D eigenvalue weighted by Gasteiger charge is 2.06. The molecule has 0 aliphatic rings. The first kappa shape index (κ1) is 11.6. The van der Waals surface area contributed by atoms with Gasteiger partial charge in [-0.2, -0.15) is 13.1 Å². The van der Waals surface area contributed by atoms with Crippen molar-refractivity contribution in [1.82, 2.24) is 4.72 Å². The van der Waals surface area contributed by atoms with Gasteiger partial charge in [-0.1, -0.05) is 15.9 Å². The van der Waals surface area contributed by atoms with Gasteiger partial charge in [0.05, 0.1) is 0 Å². The molecule has 3 N–H and O–H groups in total. The number of hydrogen-bond acceptors (Lipinski definition) is 2. The Morgan fingerprint density at radius 1 is 1.50 bits per heavy atom. The van der Waals surface area contributed by atoms with Crippen molar-refractivity contribution in [3.05, 3.63) is 34.1 Å². The van der Waals surface area contributed by atoms with Gasteiger partial charge in [-0.25, -0.2) is 9.53 Å². The van der Waals surface area contributed by atoms with Gasteiger partial charge in [0.15, 0.2) is 0 Å². The van der Waals surface area contributed by atoms with E-state index < -0.39 is 16.0 Å². The van der Waals surface area contributed by atoms with Crippen molar-refractivity contribution in [3.8, 4) is 0 Å². The van der Waals surface area contributed by atoms with E-state index in [1.165, 1.54) is 18.2 Å². The van der Waals surface area contributed by atoms with Crippen molar-refractivity contribution < 1.29 is 12.8 Å². The van der Waals surface area contributed by atoms with Crippen molar-refractivity contribution in [3.63, 3.8) is 0 Å². The summed E-state index contributed by atoms with van der Waals surface area (Å²) in [5, 5.41) is 4.70. The fraction of sp³-hybridized carbons (Fsp3) is 0.143. The van der Waals surface area contributed by atoms with E-state index in [0.717, 1.165) is 0 Å². The molecular formula is C7H8BrFN2O2S. The zero-order valence-corrected chi connectivity index (χ0v) is 9.40. The van der Waals surface area contributed by atoms with Gasteiger partial charge in [0.1, 0.15) is 5.82 Å². The van der Waals surface area contributed by atoms with Crippen molar-refractivity contribution in [2.75, 3.05) is 0 Å². The molecule has 1 aromatic rings. The Balaban J connectivity index is 2.81. The maximum Gasteiger partial charge on any atom is 0.274 e. The first-order valence-electron chi connectivity index (χ1n) is 3.60. The lowest BCUT2D eigenvalue weighted by Gasteiger charge is -2.04. The Morgan fingerprint density at radius 2 is 2.14 bits per heavy atom. The minimum atomic E-state index is -3.78. The van der Waals surface area contributed by atoms with Gasteiger partial charge in [-0.05, 0) is 18.2 Å². The van der Waals surface area contributed by atoms with Crippen LogP contribution in [0.15, 0.2) is 22.7 Å². The predicted molar refractivity (Wildman–Crippen MR) is 54.0 cm³/mol. The van der Waals surface area contributed by atoms with E-state index in [4.69, 9.17) is 5.14 Å². The van der Waals surface area contributed by atoms with Gasteiger partial charge in [-0.3, -0.25) is 0 Å². The van der Waals surface area contributed by atoms with E-state index in [1.54, 1.807) is 0 Å². The van der Waals surface area contributed by atoms with Gasteiger partial charge >= 0.3 is 0 Å². The van der Waals surface area contributed by atoms with Crippen LogP contribution in [0.3, 0.4) is 0 Å². The van der Waals surface area contributed by atoms with E-state index >= 15 is 0 Å². The van der Waals surface area contributed by atoms with Crippen LogP contribution in [0.2, 0.25) is 0 Å². The Morgan fingerprint density at radius 3 is 2.71 bits per heavy atom. The molecule has 0 aliphatic heterocycles. The Hall–Kier alpha value is -0.500. The highest BCUT2D eigenvalue weighted by atomic mass is 79.9. The van der Waals surface area contributed by atoms with E-state index in [0.29, 0.717) is 4.47 Å². The quantitative estimate of drug-likeness (QED) is 0.864. The van der Waals surface area contributed by atoms with Crippen LogP contribution in [-0.4, -0.2) is 8.42 Å². The first-order valence-corrected chi connectivity index (χ1v) is 5.94. The standard InChI is InChI=1S/C7H8BrFN2O2S/c8-6-1-2-7(9)5(3-6)4-11-14(10,12)13/h1-3,11H,4H2,(H2,10,12,13). The normalized spacial score (nSPS) is 11.6. The fourth-order valence-corrected chi connectivity index (χ4v) is 1.62. The molecule has 0 aromatic heterocycles. The molecule has 78 valence electrons. The van der Waals surface area contributed by atoms with Crippen molar-refractivity contribution in [2.24, 2.45) is 5.14 Å². The van der Waals surface area contributed by atoms with Gasteiger partial charge in [0, 0.05) is 16.6 Å². The summed E-state index contributed by atoms with van der Waals surface area (Å²) in [7, 11) is -3.78. The van der Waals surface area contributed by atoms with Crippen molar-refractivity contribution >= 4 is 26.1 Å². The summed E-state index contributed by atoms with van der Waals surface area (Å²) in [4.78, 5) is 0. The highest BCUT2D eigenvalue weighted by Crippen LogP contribution is 2.15. The Labute approximate surface area is 89.6 Å². The van der Waals surface area contributed by atoms with Crippen molar-refractivity contribution in [2.45, 2.75) is 6.54 Å². The van der Waals surface area contributed by atoms with Crippen LogP contribution < -0.4 is 9.86 Å². The molecule has 0 fully saturated rings. The number of hydrogen-bond donors (Lipinski definition) is 2. The molecular weight excluding hydrogens is 275 g/mol. The minimum absolute atomic E-state index is 0.163. The average molecular weight is 283 g/mol. The van der Waals surface area contributed by atoms with Crippen LogP contribution in [-0.2, 0) is 16.8 Å². The molecule has 14 heavy (non-hydrogen) atoms. The lowest BCUT2D eigenvalue weighted by Crippen LogP contribution is -2.30. The number of nitrogens with one attached hydrogen (secondary N) is 1. The van der Waals surface area contributed by atoms with Crippen LogP contribution in [0, 0.1) is 5.82 Å². The minimum Gasteiger partial charge on any atom is -0.216 e. The first-order chi connectivity index (χ1) is 6.38. The molecule has 0 bridgehead atoms. The van der Waals surface area contributed by atoms with Crippen LogP contribution in [0.25, 0.3) is 0 Å². The Bertz CT molecular complexity index is 435. The molecule has 1 aromatic carbocycles. The van der Waals surface area contributed by atoms with Gasteiger partial charge in [0.2, 0.25) is 0 Å². The molecule has 0 unspecified atom stereocenters. The number of benzene rings is 1. The second kappa shape index (κ2) is 4.35. The fourth-order valence-electron chi connectivity index (χ4n) is 0.857. The van der Waals surface area contributed by atoms with Crippen LogP contribution in [0.4, 0.5) is 4.39 Å². The highest BCUT2D eigenvalue weighted by molar-refractivity contribution is 9.10. The van der Waals surface area contributed by atoms with E-state index in [-0.39, 0.29) is 12.1 Å². The summed E-state index contributed by atoms with van der Waals surface area (Å²) in [6, 6.07) is 4.24. The second-order valence-electron chi connectivity index (χ2n) is 2.60. The number of rotatable bonds is 3. The monoisotopic (exact) mass is 282 g/mol. The largest absolute Gasteiger partial charge is 0.274 e. The van der Waals surface area contributed by atoms with E-state index in [9.17, 15) is 12.8 Å². The van der Waals surface area contributed by atoms with Crippen LogP contribution in [0.5, 0.6) is 0 Å². The van der Waals surface area contributed by atoms with Gasteiger partial charge in [0.25, 0.3) is 10.2 Å². The summed E-state index contributed by atoms with van der Waals surface area (Å²) in [5.41, 5.74) is 0.230. The molecule has 0 saturated heterocycles. The molecule has 0 atom stereocenters. The second-order valence-corrected chi connectivity index (χ2v) is 4.90. The zero-order valence-electron chi connectivity index (χ0n) is 7.00. The summed E-state index contributed by atoms with van der Waals surface area (Å²) in [6.07, 6.45) is 0. The third kappa shape index (κ3) is 3.70. The van der Waals surface area contributed by atoms with Crippen LogP contribution in [0.1, 0.15) is 5.56 Å². The third-order valence-corrected chi connectivity index (χ3v) is 2.51. The molecule has 0 heterocycles. The molecule has 1 rings (SSSR count). The smallest absolute Gasteiger partial charge is 0.216 e.